The summed E-state index contributed by atoms with van der Waals surface area (Å²) in [6.07, 6.45) is 0. The molecule has 1 aromatic carbocycles. The van der Waals surface area contributed by atoms with Crippen LogP contribution in [-0.2, 0) is 11.3 Å². The first-order valence-electron chi connectivity index (χ1n) is 6.59. The molecule has 2 rings (SSSR count). The van der Waals surface area contributed by atoms with Crippen molar-refractivity contribution in [1.82, 2.24) is 15.5 Å². The first-order chi connectivity index (χ1) is 10.2. The minimum atomic E-state index is -0.264. The molecule has 1 N–H and O–H groups in total. The maximum atomic E-state index is 11.6. The van der Waals surface area contributed by atoms with E-state index in [2.05, 4.69) is 15.5 Å². The smallest absolute Gasteiger partial charge is 0.258 e. The SMILES string of the molecule is CCOc1ccc(OCC(=O)NCc2nc(C)no2)cc1. The van der Waals surface area contributed by atoms with Crippen molar-refractivity contribution >= 4 is 5.91 Å². The maximum absolute atomic E-state index is 11.6. The van der Waals surface area contributed by atoms with Crippen molar-refractivity contribution in [1.29, 1.82) is 0 Å². The van der Waals surface area contributed by atoms with Crippen LogP contribution in [0.3, 0.4) is 0 Å². The molecule has 1 heterocycles. The summed E-state index contributed by atoms with van der Waals surface area (Å²) in [5.74, 6) is 2.00. The first kappa shape index (κ1) is 14.8. The molecule has 0 bridgehead atoms. The molecule has 0 aliphatic heterocycles. The van der Waals surface area contributed by atoms with Gasteiger partial charge in [0.15, 0.2) is 12.4 Å². The average molecular weight is 291 g/mol. The van der Waals surface area contributed by atoms with Gasteiger partial charge in [-0.05, 0) is 38.1 Å². The second-order valence-electron chi connectivity index (χ2n) is 4.21. The molecule has 0 saturated heterocycles. The molecule has 0 atom stereocenters. The maximum Gasteiger partial charge on any atom is 0.258 e. The minimum absolute atomic E-state index is 0.0822. The van der Waals surface area contributed by atoms with Crippen LogP contribution < -0.4 is 14.8 Å². The number of hydrogen-bond donors (Lipinski definition) is 1. The fourth-order valence-corrected chi connectivity index (χ4v) is 1.58. The molecule has 1 aromatic heterocycles. The Labute approximate surface area is 122 Å². The van der Waals surface area contributed by atoms with Crippen molar-refractivity contribution in [3.05, 3.63) is 36.0 Å². The summed E-state index contributed by atoms with van der Waals surface area (Å²) in [5.41, 5.74) is 0. The normalized spacial score (nSPS) is 10.2. The Balaban J connectivity index is 1.73. The highest BCUT2D eigenvalue weighted by Crippen LogP contribution is 2.17. The molecule has 21 heavy (non-hydrogen) atoms. The lowest BCUT2D eigenvalue weighted by molar-refractivity contribution is -0.123. The molecule has 0 fully saturated rings. The molecule has 0 aliphatic rings. The number of nitrogens with one attached hydrogen (secondary N) is 1. The predicted molar refractivity (Wildman–Crippen MR) is 74.0 cm³/mol. The standard InChI is InChI=1S/C14H17N3O4/c1-3-19-11-4-6-12(7-5-11)20-9-13(18)15-8-14-16-10(2)17-21-14/h4-7H,3,8-9H2,1-2H3,(H,15,18). The van der Waals surface area contributed by atoms with Gasteiger partial charge in [-0.2, -0.15) is 4.98 Å². The molecule has 7 heteroatoms. The number of nitrogens with zero attached hydrogens (tertiary/aromatic N) is 2. The van der Waals surface area contributed by atoms with Gasteiger partial charge in [0.1, 0.15) is 11.5 Å². The van der Waals surface area contributed by atoms with E-state index in [1.807, 2.05) is 6.92 Å². The van der Waals surface area contributed by atoms with Gasteiger partial charge < -0.3 is 19.3 Å². The second-order valence-corrected chi connectivity index (χ2v) is 4.21. The predicted octanol–water partition coefficient (Wildman–Crippen LogP) is 1.47. The van der Waals surface area contributed by atoms with Gasteiger partial charge in [-0.15, -0.1) is 0 Å². The zero-order chi connectivity index (χ0) is 15.1. The zero-order valence-electron chi connectivity index (χ0n) is 12.0. The van der Waals surface area contributed by atoms with Crippen LogP contribution in [0.5, 0.6) is 11.5 Å². The number of aromatic nitrogens is 2. The van der Waals surface area contributed by atoms with Crippen molar-refractivity contribution in [3.63, 3.8) is 0 Å². The third kappa shape index (κ3) is 4.79. The van der Waals surface area contributed by atoms with Crippen LogP contribution in [0.2, 0.25) is 0 Å². The highest BCUT2D eigenvalue weighted by atomic mass is 16.5. The summed E-state index contributed by atoms with van der Waals surface area (Å²) in [6, 6.07) is 7.08. The zero-order valence-corrected chi connectivity index (χ0v) is 12.0. The Morgan fingerprint density at radius 1 is 1.24 bits per heavy atom. The number of benzene rings is 1. The monoisotopic (exact) mass is 291 g/mol. The van der Waals surface area contributed by atoms with E-state index in [1.165, 1.54) is 0 Å². The van der Waals surface area contributed by atoms with E-state index in [-0.39, 0.29) is 19.1 Å². The number of carbonyl (C=O) groups is 1. The summed E-state index contributed by atoms with van der Waals surface area (Å²) in [7, 11) is 0. The van der Waals surface area contributed by atoms with E-state index in [4.69, 9.17) is 14.0 Å². The Hall–Kier alpha value is -2.57. The fourth-order valence-electron chi connectivity index (χ4n) is 1.58. The number of hydrogen-bond acceptors (Lipinski definition) is 6. The highest BCUT2D eigenvalue weighted by molar-refractivity contribution is 5.77. The topological polar surface area (TPSA) is 86.5 Å². The molecule has 0 unspecified atom stereocenters. The number of rotatable bonds is 7. The van der Waals surface area contributed by atoms with Gasteiger partial charge in [-0.25, -0.2) is 0 Å². The van der Waals surface area contributed by atoms with Gasteiger partial charge in [-0.3, -0.25) is 4.79 Å². The average Bonchev–Trinajstić information content (AvgIpc) is 2.90. The van der Waals surface area contributed by atoms with Crippen molar-refractivity contribution < 1.29 is 18.8 Å². The fraction of sp³-hybridized carbons (Fsp3) is 0.357. The van der Waals surface area contributed by atoms with Gasteiger partial charge in [-0.1, -0.05) is 5.16 Å². The number of ether oxygens (including phenoxy) is 2. The van der Waals surface area contributed by atoms with Crippen molar-refractivity contribution in [2.24, 2.45) is 0 Å². The Morgan fingerprint density at radius 2 is 1.90 bits per heavy atom. The minimum Gasteiger partial charge on any atom is -0.494 e. The molecular formula is C14H17N3O4. The van der Waals surface area contributed by atoms with Crippen molar-refractivity contribution in [3.8, 4) is 11.5 Å². The third-order valence-electron chi connectivity index (χ3n) is 2.51. The molecular weight excluding hydrogens is 274 g/mol. The van der Waals surface area contributed by atoms with E-state index >= 15 is 0 Å². The van der Waals surface area contributed by atoms with Crippen LogP contribution in [0, 0.1) is 6.92 Å². The van der Waals surface area contributed by atoms with Gasteiger partial charge in [0.2, 0.25) is 5.89 Å². The van der Waals surface area contributed by atoms with Gasteiger partial charge >= 0.3 is 0 Å². The highest BCUT2D eigenvalue weighted by Gasteiger charge is 2.06. The molecule has 0 spiro atoms. The Morgan fingerprint density at radius 3 is 2.48 bits per heavy atom. The van der Waals surface area contributed by atoms with Gasteiger partial charge in [0.25, 0.3) is 5.91 Å². The quantitative estimate of drug-likeness (QED) is 0.831. The molecule has 112 valence electrons. The van der Waals surface area contributed by atoms with E-state index < -0.39 is 0 Å². The summed E-state index contributed by atoms with van der Waals surface area (Å²) in [6.45, 7) is 4.34. The number of aryl methyl sites for hydroxylation is 1. The van der Waals surface area contributed by atoms with Crippen LogP contribution in [0.1, 0.15) is 18.6 Å². The van der Waals surface area contributed by atoms with Crippen LogP contribution in [-0.4, -0.2) is 29.3 Å². The lowest BCUT2D eigenvalue weighted by Crippen LogP contribution is -2.28. The molecule has 1 amide bonds. The van der Waals surface area contributed by atoms with Crippen molar-refractivity contribution in [2.45, 2.75) is 20.4 Å². The first-order valence-corrected chi connectivity index (χ1v) is 6.59. The molecule has 0 saturated carbocycles. The van der Waals surface area contributed by atoms with Crippen LogP contribution >= 0.6 is 0 Å². The second kappa shape index (κ2) is 7.28. The number of amides is 1. The van der Waals surface area contributed by atoms with Crippen LogP contribution in [0.25, 0.3) is 0 Å². The summed E-state index contributed by atoms with van der Waals surface area (Å²) in [4.78, 5) is 15.6. The third-order valence-corrected chi connectivity index (χ3v) is 2.51. The van der Waals surface area contributed by atoms with Crippen molar-refractivity contribution in [2.75, 3.05) is 13.2 Å². The molecule has 2 aromatic rings. The lowest BCUT2D eigenvalue weighted by atomic mass is 10.3. The Bertz CT molecular complexity index is 580. The summed E-state index contributed by atoms with van der Waals surface area (Å²) in [5, 5.41) is 6.26. The van der Waals surface area contributed by atoms with E-state index in [0.717, 1.165) is 5.75 Å². The molecule has 0 radical (unpaired) electrons. The van der Waals surface area contributed by atoms with Crippen LogP contribution in [0.15, 0.2) is 28.8 Å². The van der Waals surface area contributed by atoms with Crippen LogP contribution in [0.4, 0.5) is 0 Å². The summed E-state index contributed by atoms with van der Waals surface area (Å²) >= 11 is 0. The lowest BCUT2D eigenvalue weighted by Gasteiger charge is -2.07. The van der Waals surface area contributed by atoms with Gasteiger partial charge in [0, 0.05) is 0 Å². The van der Waals surface area contributed by atoms with E-state index in [9.17, 15) is 4.79 Å². The Kier molecular flexibility index (Phi) is 5.14. The number of carbonyl (C=O) groups excluding carboxylic acids is 1. The van der Waals surface area contributed by atoms with E-state index in [1.54, 1.807) is 31.2 Å². The van der Waals surface area contributed by atoms with E-state index in [0.29, 0.717) is 24.1 Å². The molecule has 0 aliphatic carbocycles. The largest absolute Gasteiger partial charge is 0.494 e. The van der Waals surface area contributed by atoms with Gasteiger partial charge in [0.05, 0.1) is 13.2 Å². The molecule has 7 nitrogen and oxygen atoms in total. The summed E-state index contributed by atoms with van der Waals surface area (Å²) < 4.78 is 15.6.